The molecule has 0 bridgehead atoms. The van der Waals surface area contributed by atoms with Crippen molar-refractivity contribution in [2.75, 3.05) is 26.9 Å². The normalized spacial score (nSPS) is 11.3. The molecule has 0 aliphatic carbocycles. The fourth-order valence-electron chi connectivity index (χ4n) is 3.48. The van der Waals surface area contributed by atoms with E-state index in [-0.39, 0.29) is 0 Å². The molecule has 0 saturated heterocycles. The molecule has 34 heavy (non-hydrogen) atoms. The molecule has 1 heterocycles. The van der Waals surface area contributed by atoms with Crippen LogP contribution in [0.3, 0.4) is 0 Å². The number of unbranched alkanes of at least 4 members (excludes halogenated alkanes) is 6. The number of oxime groups is 1. The first-order valence-corrected chi connectivity index (χ1v) is 12.1. The van der Waals surface area contributed by atoms with Crippen LogP contribution in [0.4, 0.5) is 0 Å². The third kappa shape index (κ3) is 10.7. The van der Waals surface area contributed by atoms with Crippen molar-refractivity contribution in [3.63, 3.8) is 0 Å². The number of nitrogens with zero attached hydrogens (tertiary/aromatic N) is 3. The Labute approximate surface area is 204 Å². The fraction of sp³-hybridized carbons (Fsp3) is 0.519. The van der Waals surface area contributed by atoms with Crippen molar-refractivity contribution in [3.8, 4) is 17.2 Å². The van der Waals surface area contributed by atoms with E-state index < -0.39 is 0 Å². The summed E-state index contributed by atoms with van der Waals surface area (Å²) in [5.41, 5.74) is 2.25. The Morgan fingerprint density at radius 3 is 1.97 bits per heavy atom. The van der Waals surface area contributed by atoms with E-state index in [1.54, 1.807) is 12.4 Å². The lowest BCUT2D eigenvalue weighted by Crippen LogP contribution is -2.02. The van der Waals surface area contributed by atoms with E-state index in [0.29, 0.717) is 24.8 Å². The van der Waals surface area contributed by atoms with E-state index in [0.717, 1.165) is 48.5 Å². The lowest BCUT2D eigenvalue weighted by molar-refractivity contribution is 0.215. The van der Waals surface area contributed by atoms with Gasteiger partial charge in [0.2, 0.25) is 0 Å². The molecular weight excluding hydrogens is 430 g/mol. The molecule has 2 rings (SSSR count). The van der Waals surface area contributed by atoms with Gasteiger partial charge in [-0.3, -0.25) is 0 Å². The van der Waals surface area contributed by atoms with Crippen LogP contribution in [0.15, 0.2) is 41.8 Å². The Kier molecular flexibility index (Phi) is 13.2. The van der Waals surface area contributed by atoms with Gasteiger partial charge in [-0.25, -0.2) is 9.97 Å². The highest BCUT2D eigenvalue weighted by Gasteiger charge is 2.07. The molecule has 1 aromatic carbocycles. The largest absolute Gasteiger partial charge is 0.493 e. The molecule has 0 spiro atoms. The van der Waals surface area contributed by atoms with E-state index in [1.165, 1.54) is 39.0 Å². The van der Waals surface area contributed by atoms with Gasteiger partial charge in [0.1, 0.15) is 31.4 Å². The minimum Gasteiger partial charge on any atom is -0.493 e. The molecule has 0 aliphatic rings. The first-order valence-electron chi connectivity index (χ1n) is 12.1. The smallest absolute Gasteiger partial charge is 0.174 e. The highest BCUT2D eigenvalue weighted by Crippen LogP contribution is 2.28. The maximum Gasteiger partial charge on any atom is 0.174 e. The van der Waals surface area contributed by atoms with E-state index in [4.69, 9.17) is 14.2 Å². The summed E-state index contributed by atoms with van der Waals surface area (Å²) in [6.45, 7) is 8.18. The molecule has 186 valence electrons. The molecule has 0 radical (unpaired) electrons. The maximum absolute atomic E-state index is 6.07. The van der Waals surface area contributed by atoms with Crippen LogP contribution in [0.25, 0.3) is 0 Å². The quantitative estimate of drug-likeness (QED) is 0.119. The van der Waals surface area contributed by atoms with E-state index >= 15 is 0 Å². The van der Waals surface area contributed by atoms with Crippen LogP contribution in [0.2, 0.25) is 0 Å². The number of rotatable bonds is 17. The maximum atomic E-state index is 6.07. The van der Waals surface area contributed by atoms with Crippen LogP contribution >= 0.6 is 0 Å². The zero-order chi connectivity index (χ0) is 24.4. The highest BCUT2D eigenvalue weighted by molar-refractivity contribution is 5.73. The van der Waals surface area contributed by atoms with Gasteiger partial charge in [0.05, 0.1) is 25.6 Å². The van der Waals surface area contributed by atoms with Gasteiger partial charge in [0, 0.05) is 0 Å². The molecule has 7 heteroatoms. The number of ether oxygens (including phenoxy) is 3. The van der Waals surface area contributed by atoms with Gasteiger partial charge in [0.15, 0.2) is 11.6 Å². The van der Waals surface area contributed by atoms with Crippen molar-refractivity contribution in [1.82, 2.24) is 9.97 Å². The molecule has 0 aliphatic heterocycles. The summed E-state index contributed by atoms with van der Waals surface area (Å²) in [7, 11) is 1.48. The standard InChI is InChI=1S/C27H39N3O4/c1-5-6-14-32-24-17-22(2)27(23(3)18-24)34-16-13-11-9-7-8-10-12-15-33-25-19-28-26(29-20-25)21-30-31-4/h5-6,17-21H,7-16H2,1-4H3/b6-5+,30-21?. The second kappa shape index (κ2) is 16.5. The Bertz CT molecular complexity index is 859. The average Bonchev–Trinajstić information content (AvgIpc) is 2.83. The number of aryl methyl sites for hydroxylation is 2. The zero-order valence-corrected chi connectivity index (χ0v) is 21.1. The minimum atomic E-state index is 0.494. The molecular formula is C27H39N3O4. The van der Waals surface area contributed by atoms with Gasteiger partial charge in [-0.05, 0) is 56.9 Å². The van der Waals surface area contributed by atoms with Crippen LogP contribution in [-0.4, -0.2) is 43.1 Å². The number of aromatic nitrogens is 2. The first-order chi connectivity index (χ1) is 16.6. The summed E-state index contributed by atoms with van der Waals surface area (Å²) in [5, 5.41) is 3.63. The molecule has 0 unspecified atom stereocenters. The number of hydrogen-bond acceptors (Lipinski definition) is 7. The summed E-state index contributed by atoms with van der Waals surface area (Å²) in [6.07, 6.45) is 16.9. The monoisotopic (exact) mass is 469 g/mol. The van der Waals surface area contributed by atoms with Gasteiger partial charge in [-0.15, -0.1) is 0 Å². The Morgan fingerprint density at radius 1 is 0.794 bits per heavy atom. The molecule has 0 N–H and O–H groups in total. The van der Waals surface area contributed by atoms with Gasteiger partial charge < -0.3 is 19.0 Å². The van der Waals surface area contributed by atoms with Gasteiger partial charge in [-0.2, -0.15) is 0 Å². The third-order valence-electron chi connectivity index (χ3n) is 5.24. The molecule has 0 fully saturated rings. The number of benzene rings is 1. The number of allylic oxidation sites excluding steroid dienone is 1. The van der Waals surface area contributed by atoms with Crippen LogP contribution in [0.1, 0.15) is 68.8 Å². The van der Waals surface area contributed by atoms with E-state index in [9.17, 15) is 0 Å². The molecule has 2 aromatic rings. The fourth-order valence-corrected chi connectivity index (χ4v) is 3.48. The van der Waals surface area contributed by atoms with Crippen molar-refractivity contribution >= 4 is 6.21 Å². The van der Waals surface area contributed by atoms with Gasteiger partial charge >= 0.3 is 0 Å². The second-order valence-corrected chi connectivity index (χ2v) is 8.13. The summed E-state index contributed by atoms with van der Waals surface area (Å²) in [5.74, 6) is 3.05. The Morgan fingerprint density at radius 2 is 1.38 bits per heavy atom. The Balaban J connectivity index is 1.49. The third-order valence-corrected chi connectivity index (χ3v) is 5.24. The lowest BCUT2D eigenvalue weighted by atomic mass is 10.1. The molecule has 0 amide bonds. The van der Waals surface area contributed by atoms with Crippen LogP contribution in [-0.2, 0) is 4.84 Å². The Hall–Kier alpha value is -3.09. The van der Waals surface area contributed by atoms with Gasteiger partial charge in [-0.1, -0.05) is 49.4 Å². The minimum absolute atomic E-state index is 0.494. The zero-order valence-electron chi connectivity index (χ0n) is 21.1. The summed E-state index contributed by atoms with van der Waals surface area (Å²) in [6, 6.07) is 4.10. The van der Waals surface area contributed by atoms with Crippen molar-refractivity contribution in [3.05, 3.63) is 53.6 Å². The lowest BCUT2D eigenvalue weighted by Gasteiger charge is -2.14. The summed E-state index contributed by atoms with van der Waals surface area (Å²) < 4.78 is 17.5. The molecule has 7 nitrogen and oxygen atoms in total. The predicted octanol–water partition coefficient (Wildman–Crippen LogP) is 6.22. The van der Waals surface area contributed by atoms with E-state index in [1.807, 2.05) is 19.1 Å². The van der Waals surface area contributed by atoms with Crippen molar-refractivity contribution in [2.45, 2.75) is 65.7 Å². The molecule has 0 saturated carbocycles. The van der Waals surface area contributed by atoms with Crippen LogP contribution < -0.4 is 14.2 Å². The average molecular weight is 470 g/mol. The summed E-state index contributed by atoms with van der Waals surface area (Å²) >= 11 is 0. The number of hydrogen-bond donors (Lipinski definition) is 0. The van der Waals surface area contributed by atoms with E-state index in [2.05, 4.69) is 45.9 Å². The van der Waals surface area contributed by atoms with Gasteiger partial charge in [0.25, 0.3) is 0 Å². The first kappa shape index (κ1) is 27.2. The van der Waals surface area contributed by atoms with Crippen LogP contribution in [0, 0.1) is 13.8 Å². The van der Waals surface area contributed by atoms with Crippen molar-refractivity contribution < 1.29 is 19.0 Å². The second-order valence-electron chi connectivity index (χ2n) is 8.13. The predicted molar refractivity (Wildman–Crippen MR) is 136 cm³/mol. The summed E-state index contributed by atoms with van der Waals surface area (Å²) in [4.78, 5) is 12.9. The molecule has 1 aromatic heterocycles. The van der Waals surface area contributed by atoms with Crippen LogP contribution in [0.5, 0.6) is 17.2 Å². The SMILES string of the molecule is C/C=C/COc1cc(C)c(OCCCCCCCCCOc2cnc(C=NOC)nc2)c(C)c1. The highest BCUT2D eigenvalue weighted by atomic mass is 16.6. The van der Waals surface area contributed by atoms with Crippen molar-refractivity contribution in [1.29, 1.82) is 0 Å². The topological polar surface area (TPSA) is 75.1 Å². The molecule has 0 atom stereocenters. The van der Waals surface area contributed by atoms with Crippen molar-refractivity contribution in [2.24, 2.45) is 5.16 Å².